The van der Waals surface area contributed by atoms with Gasteiger partial charge in [0, 0.05) is 64.7 Å². The van der Waals surface area contributed by atoms with E-state index in [1.54, 1.807) is 31.6 Å². The summed E-state index contributed by atoms with van der Waals surface area (Å²) in [5.41, 5.74) is 5.59. The van der Waals surface area contributed by atoms with Crippen molar-refractivity contribution >= 4 is 57.0 Å². The molecule has 34 heavy (non-hydrogen) atoms. The second kappa shape index (κ2) is 9.84. The zero-order valence-electron chi connectivity index (χ0n) is 19.3. The number of amides is 1. The summed E-state index contributed by atoms with van der Waals surface area (Å²) >= 11 is 12.5. The Morgan fingerprint density at radius 1 is 1.03 bits per heavy atom. The molecule has 3 aromatic carbocycles. The number of carbonyl (C=O) groups is 1. The third-order valence-electron chi connectivity index (χ3n) is 5.54. The first-order chi connectivity index (χ1) is 16.3. The summed E-state index contributed by atoms with van der Waals surface area (Å²) < 4.78 is 11.4. The molecule has 0 unspecified atom stereocenters. The fourth-order valence-corrected chi connectivity index (χ4v) is 4.25. The second-order valence-electron chi connectivity index (χ2n) is 8.08. The van der Waals surface area contributed by atoms with Crippen molar-refractivity contribution in [3.63, 3.8) is 0 Å². The number of hydrogen-bond acceptors (Lipinski definition) is 4. The SMILES string of the molecule is COc1cc2occ(-c3ccc(Cl)cc3Cl)c2cc1/C(C)=C/C(=O)Nc1ccc(N(C)C)cc1. The number of anilines is 2. The van der Waals surface area contributed by atoms with Crippen molar-refractivity contribution in [3.05, 3.63) is 82.5 Å². The van der Waals surface area contributed by atoms with Crippen LogP contribution in [0.25, 0.3) is 27.7 Å². The topological polar surface area (TPSA) is 54.7 Å². The lowest BCUT2D eigenvalue weighted by Gasteiger charge is -2.13. The van der Waals surface area contributed by atoms with Gasteiger partial charge in [-0.1, -0.05) is 29.3 Å². The molecule has 0 aliphatic rings. The van der Waals surface area contributed by atoms with E-state index in [2.05, 4.69) is 5.32 Å². The van der Waals surface area contributed by atoms with Gasteiger partial charge in [0.15, 0.2) is 0 Å². The molecule has 0 spiro atoms. The minimum absolute atomic E-state index is 0.231. The van der Waals surface area contributed by atoms with Crippen LogP contribution in [0.4, 0.5) is 11.4 Å². The number of rotatable bonds is 6. The second-order valence-corrected chi connectivity index (χ2v) is 8.92. The molecule has 0 radical (unpaired) electrons. The highest BCUT2D eigenvalue weighted by Crippen LogP contribution is 2.40. The van der Waals surface area contributed by atoms with Gasteiger partial charge in [-0.05, 0) is 55.0 Å². The number of ether oxygens (including phenoxy) is 1. The molecule has 1 amide bonds. The molecule has 0 atom stereocenters. The zero-order chi connectivity index (χ0) is 24.4. The summed E-state index contributed by atoms with van der Waals surface area (Å²) in [6.07, 6.45) is 3.21. The maximum Gasteiger partial charge on any atom is 0.248 e. The third-order valence-corrected chi connectivity index (χ3v) is 6.09. The first kappa shape index (κ1) is 23.7. The number of nitrogens with zero attached hydrogens (tertiary/aromatic N) is 1. The predicted molar refractivity (Wildman–Crippen MR) is 141 cm³/mol. The largest absolute Gasteiger partial charge is 0.496 e. The zero-order valence-corrected chi connectivity index (χ0v) is 20.8. The maximum absolute atomic E-state index is 12.7. The van der Waals surface area contributed by atoms with E-state index in [0.29, 0.717) is 21.4 Å². The van der Waals surface area contributed by atoms with Gasteiger partial charge in [0.05, 0.1) is 18.4 Å². The number of hydrogen-bond donors (Lipinski definition) is 1. The van der Waals surface area contributed by atoms with Crippen LogP contribution in [0.1, 0.15) is 12.5 Å². The van der Waals surface area contributed by atoms with Crippen LogP contribution in [-0.4, -0.2) is 27.1 Å². The number of halogens is 2. The molecule has 0 aliphatic heterocycles. The Labute approximate surface area is 208 Å². The molecule has 1 aromatic heterocycles. The fraction of sp³-hybridized carbons (Fsp3) is 0.148. The predicted octanol–water partition coefficient (Wildman–Crippen LogP) is 7.52. The quantitative estimate of drug-likeness (QED) is 0.281. The molecule has 1 N–H and O–H groups in total. The van der Waals surface area contributed by atoms with Crippen LogP contribution in [0.5, 0.6) is 5.75 Å². The number of furan rings is 1. The monoisotopic (exact) mass is 494 g/mol. The summed E-state index contributed by atoms with van der Waals surface area (Å²) in [6, 6.07) is 16.7. The van der Waals surface area contributed by atoms with E-state index < -0.39 is 0 Å². The Morgan fingerprint density at radius 3 is 2.41 bits per heavy atom. The van der Waals surface area contributed by atoms with Crippen molar-refractivity contribution in [1.82, 2.24) is 0 Å². The van der Waals surface area contributed by atoms with Crippen LogP contribution in [0.2, 0.25) is 10.0 Å². The number of nitrogens with one attached hydrogen (secondary N) is 1. The van der Waals surface area contributed by atoms with E-state index in [1.165, 1.54) is 0 Å². The van der Waals surface area contributed by atoms with Gasteiger partial charge in [0.2, 0.25) is 5.91 Å². The molecule has 0 saturated carbocycles. The van der Waals surface area contributed by atoms with Gasteiger partial charge in [0.25, 0.3) is 0 Å². The van der Waals surface area contributed by atoms with Gasteiger partial charge in [0.1, 0.15) is 11.3 Å². The highest BCUT2D eigenvalue weighted by atomic mass is 35.5. The van der Waals surface area contributed by atoms with E-state index in [4.69, 9.17) is 32.4 Å². The summed E-state index contributed by atoms with van der Waals surface area (Å²) in [5.74, 6) is 0.373. The minimum Gasteiger partial charge on any atom is -0.496 e. The lowest BCUT2D eigenvalue weighted by Crippen LogP contribution is -2.10. The third kappa shape index (κ3) is 4.91. The maximum atomic E-state index is 12.7. The van der Waals surface area contributed by atoms with Crippen LogP contribution >= 0.6 is 23.2 Å². The van der Waals surface area contributed by atoms with E-state index >= 15 is 0 Å². The Balaban J connectivity index is 1.67. The van der Waals surface area contributed by atoms with Gasteiger partial charge in [-0.15, -0.1) is 0 Å². The minimum atomic E-state index is -0.231. The molecule has 5 nitrogen and oxygen atoms in total. The van der Waals surface area contributed by atoms with E-state index in [0.717, 1.165) is 39.0 Å². The number of carbonyl (C=O) groups excluding carboxylic acids is 1. The Morgan fingerprint density at radius 2 is 1.76 bits per heavy atom. The van der Waals surface area contributed by atoms with Gasteiger partial charge < -0.3 is 19.4 Å². The molecular weight excluding hydrogens is 471 g/mol. The molecule has 0 fully saturated rings. The molecule has 4 aromatic rings. The summed E-state index contributed by atoms with van der Waals surface area (Å²) in [5, 5.41) is 4.85. The Kier molecular flexibility index (Phi) is 6.87. The van der Waals surface area contributed by atoms with Crippen LogP contribution in [0.15, 0.2) is 71.4 Å². The van der Waals surface area contributed by atoms with Gasteiger partial charge >= 0.3 is 0 Å². The first-order valence-electron chi connectivity index (χ1n) is 10.6. The number of benzene rings is 3. The highest BCUT2D eigenvalue weighted by molar-refractivity contribution is 6.36. The van der Waals surface area contributed by atoms with Crippen LogP contribution < -0.4 is 15.0 Å². The van der Waals surface area contributed by atoms with E-state index in [9.17, 15) is 4.79 Å². The molecule has 0 bridgehead atoms. The van der Waals surface area contributed by atoms with Crippen molar-refractivity contribution in [1.29, 1.82) is 0 Å². The average molecular weight is 495 g/mol. The average Bonchev–Trinajstić information content (AvgIpc) is 3.21. The van der Waals surface area contributed by atoms with Gasteiger partial charge in [-0.3, -0.25) is 4.79 Å². The summed E-state index contributed by atoms with van der Waals surface area (Å²) in [6.45, 7) is 1.87. The molecule has 0 aliphatic carbocycles. The molecule has 7 heteroatoms. The van der Waals surface area contributed by atoms with Crippen LogP contribution in [-0.2, 0) is 4.79 Å². The van der Waals surface area contributed by atoms with E-state index in [-0.39, 0.29) is 5.91 Å². The lowest BCUT2D eigenvalue weighted by atomic mass is 9.99. The van der Waals surface area contributed by atoms with Crippen LogP contribution in [0, 0.1) is 0 Å². The van der Waals surface area contributed by atoms with Gasteiger partial charge in [-0.25, -0.2) is 0 Å². The molecular formula is C27H24Cl2N2O3. The fourth-order valence-electron chi connectivity index (χ4n) is 3.74. The summed E-state index contributed by atoms with van der Waals surface area (Å²) in [4.78, 5) is 14.7. The molecule has 174 valence electrons. The van der Waals surface area contributed by atoms with Crippen molar-refractivity contribution in [2.75, 3.05) is 31.4 Å². The molecule has 4 rings (SSSR count). The standard InChI is InChI=1S/C27H24Cl2N2O3/c1-16(11-27(32)30-18-6-8-19(9-7-18)31(2)3)21-13-22-23(15-34-26(22)14-25(21)33-4)20-10-5-17(28)12-24(20)29/h5-15H,1-4H3,(H,30,32)/b16-11+. The first-order valence-corrected chi connectivity index (χ1v) is 11.3. The Bertz CT molecular complexity index is 1390. The van der Waals surface area contributed by atoms with Crippen molar-refractivity contribution < 1.29 is 13.9 Å². The number of methoxy groups -OCH3 is 1. The molecule has 1 heterocycles. The van der Waals surface area contributed by atoms with E-state index in [1.807, 2.05) is 68.4 Å². The summed E-state index contributed by atoms with van der Waals surface area (Å²) in [7, 11) is 5.52. The lowest BCUT2D eigenvalue weighted by molar-refractivity contribution is -0.111. The molecule has 0 saturated heterocycles. The van der Waals surface area contributed by atoms with Crippen molar-refractivity contribution in [3.8, 4) is 16.9 Å². The number of allylic oxidation sites excluding steroid dienone is 1. The van der Waals surface area contributed by atoms with Crippen molar-refractivity contribution in [2.24, 2.45) is 0 Å². The van der Waals surface area contributed by atoms with Crippen LogP contribution in [0.3, 0.4) is 0 Å². The normalized spacial score (nSPS) is 11.5. The van der Waals surface area contributed by atoms with Crippen molar-refractivity contribution in [2.45, 2.75) is 6.92 Å². The Hall–Kier alpha value is -3.41. The highest BCUT2D eigenvalue weighted by Gasteiger charge is 2.16. The van der Waals surface area contributed by atoms with Gasteiger partial charge in [-0.2, -0.15) is 0 Å². The number of fused-ring (bicyclic) bond motifs is 1. The smallest absolute Gasteiger partial charge is 0.248 e.